The second-order valence-electron chi connectivity index (χ2n) is 7.12. The summed E-state index contributed by atoms with van der Waals surface area (Å²) in [5.41, 5.74) is 0.544. The van der Waals surface area contributed by atoms with Crippen molar-refractivity contribution >= 4 is 39.6 Å². The molecule has 0 aromatic heterocycles. The number of amides is 1. The minimum Gasteiger partial charge on any atom is -0.490 e. The highest BCUT2D eigenvalue weighted by molar-refractivity contribution is 9.10. The molecule has 0 saturated heterocycles. The SMILES string of the molecule is CCOc1cc(/C=C(\C#N)C(=O)Nc2ccccc2C(=O)O)cc(Br)c1OCc1ccccc1F. The summed E-state index contributed by atoms with van der Waals surface area (Å²) in [5.74, 6) is -1.70. The molecule has 0 fully saturated rings. The summed E-state index contributed by atoms with van der Waals surface area (Å²) in [6, 6.07) is 17.2. The van der Waals surface area contributed by atoms with Crippen molar-refractivity contribution in [2.75, 3.05) is 11.9 Å². The number of carbonyl (C=O) groups excluding carboxylic acids is 1. The molecule has 7 nitrogen and oxygen atoms in total. The van der Waals surface area contributed by atoms with Crippen LogP contribution in [0, 0.1) is 17.1 Å². The zero-order chi connectivity index (χ0) is 25.4. The van der Waals surface area contributed by atoms with Gasteiger partial charge in [-0.3, -0.25) is 4.79 Å². The molecular formula is C26H20BrFN2O5. The molecule has 0 aliphatic rings. The maximum atomic E-state index is 14.0. The number of carboxylic acids is 1. The van der Waals surface area contributed by atoms with Crippen molar-refractivity contribution in [3.8, 4) is 17.6 Å². The first-order valence-corrected chi connectivity index (χ1v) is 11.2. The number of anilines is 1. The van der Waals surface area contributed by atoms with Crippen molar-refractivity contribution in [1.82, 2.24) is 0 Å². The van der Waals surface area contributed by atoms with Gasteiger partial charge in [0.05, 0.1) is 22.3 Å². The predicted octanol–water partition coefficient (Wildman–Crippen LogP) is 5.81. The number of rotatable bonds is 9. The summed E-state index contributed by atoms with van der Waals surface area (Å²) in [5, 5.41) is 21.3. The molecule has 35 heavy (non-hydrogen) atoms. The van der Waals surface area contributed by atoms with E-state index in [1.54, 1.807) is 43.3 Å². The van der Waals surface area contributed by atoms with Gasteiger partial charge in [-0.2, -0.15) is 5.26 Å². The Kier molecular flexibility index (Phi) is 8.59. The lowest BCUT2D eigenvalue weighted by Crippen LogP contribution is -2.16. The fourth-order valence-corrected chi connectivity index (χ4v) is 3.70. The minimum absolute atomic E-state index is 0.0324. The number of carbonyl (C=O) groups is 2. The number of nitriles is 1. The van der Waals surface area contributed by atoms with Crippen LogP contribution in [0.4, 0.5) is 10.1 Å². The smallest absolute Gasteiger partial charge is 0.337 e. The minimum atomic E-state index is -1.21. The summed E-state index contributed by atoms with van der Waals surface area (Å²) in [7, 11) is 0. The van der Waals surface area contributed by atoms with E-state index in [1.807, 2.05) is 6.07 Å². The molecule has 178 valence electrons. The largest absolute Gasteiger partial charge is 0.490 e. The fourth-order valence-electron chi connectivity index (χ4n) is 3.12. The lowest BCUT2D eigenvalue weighted by atomic mass is 10.1. The maximum absolute atomic E-state index is 14.0. The second-order valence-corrected chi connectivity index (χ2v) is 7.97. The van der Waals surface area contributed by atoms with Gasteiger partial charge in [0.25, 0.3) is 5.91 Å². The Bertz CT molecular complexity index is 1330. The second kappa shape index (κ2) is 11.8. The van der Waals surface area contributed by atoms with Crippen LogP contribution in [0.2, 0.25) is 0 Å². The van der Waals surface area contributed by atoms with E-state index in [9.17, 15) is 24.3 Å². The van der Waals surface area contributed by atoms with Gasteiger partial charge in [-0.05, 0) is 64.8 Å². The number of para-hydroxylation sites is 1. The zero-order valence-corrected chi connectivity index (χ0v) is 20.1. The van der Waals surface area contributed by atoms with E-state index < -0.39 is 17.7 Å². The lowest BCUT2D eigenvalue weighted by molar-refractivity contribution is -0.112. The van der Waals surface area contributed by atoms with Crippen molar-refractivity contribution in [3.05, 3.63) is 93.2 Å². The van der Waals surface area contributed by atoms with Crippen molar-refractivity contribution in [3.63, 3.8) is 0 Å². The first-order chi connectivity index (χ1) is 16.8. The van der Waals surface area contributed by atoms with E-state index in [4.69, 9.17) is 9.47 Å². The number of carboxylic acid groups (broad SMARTS) is 1. The highest BCUT2D eigenvalue weighted by Gasteiger charge is 2.17. The normalized spacial score (nSPS) is 10.9. The molecule has 0 atom stereocenters. The summed E-state index contributed by atoms with van der Waals surface area (Å²) < 4.78 is 25.9. The molecule has 0 aliphatic carbocycles. The highest BCUT2D eigenvalue weighted by atomic mass is 79.9. The molecular weight excluding hydrogens is 519 g/mol. The van der Waals surface area contributed by atoms with Gasteiger partial charge in [-0.1, -0.05) is 30.3 Å². The van der Waals surface area contributed by atoms with Gasteiger partial charge in [-0.25, -0.2) is 9.18 Å². The Morgan fingerprint density at radius 3 is 2.54 bits per heavy atom. The topological polar surface area (TPSA) is 109 Å². The Hall–Kier alpha value is -4.16. The van der Waals surface area contributed by atoms with E-state index in [0.717, 1.165) is 0 Å². The van der Waals surface area contributed by atoms with E-state index >= 15 is 0 Å². The summed E-state index contributed by atoms with van der Waals surface area (Å²) >= 11 is 3.41. The van der Waals surface area contributed by atoms with Crippen LogP contribution in [0.15, 0.2) is 70.7 Å². The maximum Gasteiger partial charge on any atom is 0.337 e. The van der Waals surface area contributed by atoms with Gasteiger partial charge >= 0.3 is 5.97 Å². The van der Waals surface area contributed by atoms with E-state index in [0.29, 0.717) is 33.7 Å². The molecule has 0 aliphatic heterocycles. The lowest BCUT2D eigenvalue weighted by Gasteiger charge is -2.15. The molecule has 3 rings (SSSR count). The zero-order valence-electron chi connectivity index (χ0n) is 18.5. The van der Waals surface area contributed by atoms with Gasteiger partial charge < -0.3 is 19.9 Å². The molecule has 0 spiro atoms. The van der Waals surface area contributed by atoms with E-state index in [2.05, 4.69) is 21.2 Å². The van der Waals surface area contributed by atoms with Crippen LogP contribution < -0.4 is 14.8 Å². The molecule has 0 bridgehead atoms. The third-order valence-electron chi connectivity index (χ3n) is 4.74. The quantitative estimate of drug-likeness (QED) is 0.263. The molecule has 2 N–H and O–H groups in total. The van der Waals surface area contributed by atoms with Crippen molar-refractivity contribution in [1.29, 1.82) is 5.26 Å². The summed E-state index contributed by atoms with van der Waals surface area (Å²) in [6.45, 7) is 2.06. The molecule has 0 saturated carbocycles. The van der Waals surface area contributed by atoms with E-state index in [-0.39, 0.29) is 23.4 Å². The number of nitrogens with one attached hydrogen (secondary N) is 1. The fraction of sp³-hybridized carbons (Fsp3) is 0.115. The number of hydrogen-bond acceptors (Lipinski definition) is 5. The van der Waals surface area contributed by atoms with Crippen LogP contribution in [-0.4, -0.2) is 23.6 Å². The third kappa shape index (κ3) is 6.46. The monoisotopic (exact) mass is 538 g/mol. The number of aromatic carboxylic acids is 1. The molecule has 0 unspecified atom stereocenters. The van der Waals surface area contributed by atoms with Gasteiger partial charge in [0.1, 0.15) is 24.1 Å². The van der Waals surface area contributed by atoms with Gasteiger partial charge in [0.15, 0.2) is 11.5 Å². The van der Waals surface area contributed by atoms with Gasteiger partial charge in [0.2, 0.25) is 0 Å². The molecule has 0 radical (unpaired) electrons. The van der Waals surface area contributed by atoms with Crippen molar-refractivity contribution in [2.24, 2.45) is 0 Å². The van der Waals surface area contributed by atoms with Crippen molar-refractivity contribution in [2.45, 2.75) is 13.5 Å². The molecule has 1 amide bonds. The molecule has 9 heteroatoms. The van der Waals surface area contributed by atoms with Crippen LogP contribution in [0.25, 0.3) is 6.08 Å². The van der Waals surface area contributed by atoms with Crippen molar-refractivity contribution < 1.29 is 28.6 Å². The Balaban J connectivity index is 1.88. The number of nitrogens with zero attached hydrogens (tertiary/aromatic N) is 1. The van der Waals surface area contributed by atoms with Gasteiger partial charge in [-0.15, -0.1) is 0 Å². The van der Waals surface area contributed by atoms with E-state index in [1.165, 1.54) is 30.3 Å². The molecule has 0 heterocycles. The average molecular weight is 539 g/mol. The van der Waals surface area contributed by atoms with Gasteiger partial charge in [0, 0.05) is 5.56 Å². The third-order valence-corrected chi connectivity index (χ3v) is 5.33. The Labute approximate surface area is 209 Å². The standard InChI is InChI=1S/C26H20BrFN2O5/c1-2-34-23-13-16(12-20(27)24(23)35-15-17-7-3-5-9-21(17)28)11-18(14-29)25(31)30-22-10-6-4-8-19(22)26(32)33/h3-13H,2,15H2,1H3,(H,30,31)(H,32,33)/b18-11+. The number of benzene rings is 3. The first kappa shape index (κ1) is 25.5. The van der Waals surface area contributed by atoms with Crippen LogP contribution in [0.5, 0.6) is 11.5 Å². The predicted molar refractivity (Wildman–Crippen MR) is 132 cm³/mol. The van der Waals surface area contributed by atoms with Crippen LogP contribution in [0.3, 0.4) is 0 Å². The summed E-state index contributed by atoms with van der Waals surface area (Å²) in [6.07, 6.45) is 1.34. The van der Waals surface area contributed by atoms with Crippen LogP contribution in [0.1, 0.15) is 28.4 Å². The number of hydrogen-bond donors (Lipinski definition) is 2. The van der Waals surface area contributed by atoms with Crippen LogP contribution in [-0.2, 0) is 11.4 Å². The molecule has 3 aromatic rings. The Morgan fingerprint density at radius 1 is 1.14 bits per heavy atom. The highest BCUT2D eigenvalue weighted by Crippen LogP contribution is 2.38. The number of ether oxygens (including phenoxy) is 2. The van der Waals surface area contributed by atoms with Crippen LogP contribution >= 0.6 is 15.9 Å². The Morgan fingerprint density at radius 2 is 1.86 bits per heavy atom. The average Bonchev–Trinajstić information content (AvgIpc) is 2.83. The summed E-state index contributed by atoms with van der Waals surface area (Å²) in [4.78, 5) is 24.1. The molecule has 3 aromatic carbocycles. The first-order valence-electron chi connectivity index (χ1n) is 10.4. The number of halogens is 2.